The van der Waals surface area contributed by atoms with Gasteiger partial charge in [-0.1, -0.05) is 83.4 Å². The van der Waals surface area contributed by atoms with Gasteiger partial charge in [0.05, 0.1) is 11.1 Å². The molecule has 2 aliphatic heterocycles. The smallest absolute Gasteiger partial charge is 0.346 e. The van der Waals surface area contributed by atoms with E-state index in [1.54, 1.807) is 17.0 Å². The maximum absolute atomic E-state index is 14.4. The number of unbranched alkanes of at least 4 members (excludes halogenated alkanes) is 6. The minimum absolute atomic E-state index is 0.126. The second-order valence-electron chi connectivity index (χ2n) is 13.2. The molecule has 0 aliphatic carbocycles. The number of imide groups is 1. The molecule has 0 saturated carbocycles. The summed E-state index contributed by atoms with van der Waals surface area (Å²) < 4.78 is 5.10. The average Bonchev–Trinajstić information content (AvgIpc) is 3.05. The van der Waals surface area contributed by atoms with Crippen molar-refractivity contribution >= 4 is 72.5 Å². The van der Waals surface area contributed by atoms with Crippen LogP contribution in [0, 0.1) is 0 Å². The van der Waals surface area contributed by atoms with E-state index in [0.29, 0.717) is 33.0 Å². The summed E-state index contributed by atoms with van der Waals surface area (Å²) in [7, 11) is 3.83. The van der Waals surface area contributed by atoms with Gasteiger partial charge in [-0.3, -0.25) is 14.5 Å². The minimum atomic E-state index is -0.657. The number of anilines is 1. The normalized spacial score (nSPS) is 14.6. The van der Waals surface area contributed by atoms with Gasteiger partial charge < -0.3 is 9.64 Å². The summed E-state index contributed by atoms with van der Waals surface area (Å²) in [4.78, 5) is 58.1. The third kappa shape index (κ3) is 4.46. The van der Waals surface area contributed by atoms with E-state index >= 15 is 0 Å². The lowest BCUT2D eigenvalue weighted by atomic mass is 9.81. The van der Waals surface area contributed by atoms with Gasteiger partial charge in [-0.05, 0) is 58.7 Å². The number of rotatable bonds is 12. The second kappa shape index (κ2) is 11.7. The summed E-state index contributed by atoms with van der Waals surface area (Å²) in [5, 5.41) is 6.47. The molecule has 46 heavy (non-hydrogen) atoms. The van der Waals surface area contributed by atoms with Crippen LogP contribution in [0.3, 0.4) is 0 Å². The molecule has 7 nitrogen and oxygen atoms in total. The van der Waals surface area contributed by atoms with Crippen LogP contribution in [0.5, 0.6) is 0 Å². The number of hydrogen-bond donors (Lipinski definition) is 0. The molecule has 0 radical (unpaired) electrons. The first-order valence-electron chi connectivity index (χ1n) is 16.8. The minimum Gasteiger partial charge on any atom is -0.386 e. The highest BCUT2D eigenvalue weighted by molar-refractivity contribution is 6.42. The maximum atomic E-state index is 14.4. The van der Waals surface area contributed by atoms with Gasteiger partial charge in [0.2, 0.25) is 0 Å². The topological polar surface area (TPSA) is 84.0 Å². The van der Waals surface area contributed by atoms with Crippen LogP contribution in [0.2, 0.25) is 0 Å². The molecule has 7 heteroatoms. The molecule has 2 heterocycles. The quantitative estimate of drug-likeness (QED) is 0.0347. The first kappa shape index (κ1) is 30.2. The maximum Gasteiger partial charge on any atom is 0.346 e. The average molecular weight is 617 g/mol. The SMILES string of the molecule is CCCCCCC(CCCCCC)N1C(=O)c2ccc3c4ccc5c6c(cc(N(C)C)c(c7ccc(c2c37)C1=O)c64)C(=O)OC5=O. The highest BCUT2D eigenvalue weighted by Gasteiger charge is 2.39. The molecule has 5 aromatic rings. The van der Waals surface area contributed by atoms with E-state index in [9.17, 15) is 19.2 Å². The van der Waals surface area contributed by atoms with Gasteiger partial charge >= 0.3 is 11.9 Å². The second-order valence-corrected chi connectivity index (χ2v) is 13.2. The van der Waals surface area contributed by atoms with Crippen molar-refractivity contribution in [3.63, 3.8) is 0 Å². The van der Waals surface area contributed by atoms with Gasteiger partial charge in [-0.25, -0.2) is 9.59 Å². The Morgan fingerprint density at radius 2 is 1.11 bits per heavy atom. The predicted molar refractivity (Wildman–Crippen MR) is 184 cm³/mol. The summed E-state index contributed by atoms with van der Waals surface area (Å²) in [6, 6.07) is 13.0. The van der Waals surface area contributed by atoms with Crippen molar-refractivity contribution in [3.05, 3.63) is 64.7 Å². The first-order valence-corrected chi connectivity index (χ1v) is 16.8. The van der Waals surface area contributed by atoms with Crippen molar-refractivity contribution in [1.29, 1.82) is 0 Å². The van der Waals surface area contributed by atoms with Crippen LogP contribution in [-0.4, -0.2) is 48.8 Å². The Kier molecular flexibility index (Phi) is 7.66. The fourth-order valence-electron chi connectivity index (χ4n) is 7.91. The molecule has 0 atom stereocenters. The van der Waals surface area contributed by atoms with Gasteiger partial charge in [-0.2, -0.15) is 0 Å². The van der Waals surface area contributed by atoms with Crippen LogP contribution >= 0.6 is 0 Å². The van der Waals surface area contributed by atoms with Gasteiger partial charge in [0.25, 0.3) is 11.8 Å². The van der Waals surface area contributed by atoms with E-state index in [1.165, 1.54) is 0 Å². The molecule has 0 spiro atoms. The molecule has 5 aromatic carbocycles. The van der Waals surface area contributed by atoms with Crippen molar-refractivity contribution in [2.75, 3.05) is 19.0 Å². The number of cyclic esters (lactones) is 2. The lowest BCUT2D eigenvalue weighted by molar-refractivity contribution is 0.0389. The monoisotopic (exact) mass is 616 g/mol. The van der Waals surface area contributed by atoms with E-state index in [2.05, 4.69) is 13.8 Å². The zero-order valence-corrected chi connectivity index (χ0v) is 27.1. The Labute approximate surface area is 268 Å². The molecule has 7 rings (SSSR count). The van der Waals surface area contributed by atoms with Crippen molar-refractivity contribution in [2.24, 2.45) is 0 Å². The largest absolute Gasteiger partial charge is 0.386 e. The molecule has 0 fully saturated rings. The van der Waals surface area contributed by atoms with Crippen molar-refractivity contribution < 1.29 is 23.9 Å². The van der Waals surface area contributed by atoms with Gasteiger partial charge in [0.1, 0.15) is 0 Å². The van der Waals surface area contributed by atoms with Crippen LogP contribution in [0.25, 0.3) is 43.1 Å². The predicted octanol–water partition coefficient (Wildman–Crippen LogP) is 9.02. The molecule has 0 saturated heterocycles. The number of amides is 2. The van der Waals surface area contributed by atoms with Crippen LogP contribution in [0.1, 0.15) is 119 Å². The zero-order chi connectivity index (χ0) is 32.3. The van der Waals surface area contributed by atoms with Gasteiger partial charge in [0, 0.05) is 58.5 Å². The Balaban J connectivity index is 1.45. The van der Waals surface area contributed by atoms with Gasteiger partial charge in [0.15, 0.2) is 0 Å². The standard InChI is InChI=1S/C39H40N2O5/c1-5-7-9-11-13-22(14-12-10-8-6-2)41-36(42)26-18-15-23-24-16-20-28-33-29(39(45)46-38(28)44)21-30(40(3)4)34(35(24)33)25-17-19-27(37(41)43)32(26)31(23)25/h15-22H,5-14H2,1-4H3. The van der Waals surface area contributed by atoms with Crippen LogP contribution in [0.4, 0.5) is 5.69 Å². The molecule has 236 valence electrons. The summed E-state index contributed by atoms with van der Waals surface area (Å²) in [5.41, 5.74) is 2.63. The number of benzene rings is 5. The molecular formula is C39H40N2O5. The van der Waals surface area contributed by atoms with E-state index in [-0.39, 0.29) is 17.9 Å². The Hall–Kier alpha value is -4.52. The van der Waals surface area contributed by atoms with E-state index in [0.717, 1.165) is 102 Å². The number of carbonyl (C=O) groups excluding carboxylic acids is 4. The van der Waals surface area contributed by atoms with Crippen LogP contribution < -0.4 is 4.90 Å². The molecule has 2 amide bonds. The summed E-state index contributed by atoms with van der Waals surface area (Å²) >= 11 is 0. The zero-order valence-electron chi connectivity index (χ0n) is 27.1. The summed E-state index contributed by atoms with van der Waals surface area (Å²) in [5.74, 6) is -1.74. The number of carbonyl (C=O) groups is 4. The fraction of sp³-hybridized carbons (Fsp3) is 0.385. The van der Waals surface area contributed by atoms with E-state index < -0.39 is 11.9 Å². The Bertz CT molecular complexity index is 2040. The van der Waals surface area contributed by atoms with Crippen LogP contribution in [0.15, 0.2) is 42.5 Å². The number of ether oxygens (including phenoxy) is 1. The third-order valence-corrected chi connectivity index (χ3v) is 10.1. The summed E-state index contributed by atoms with van der Waals surface area (Å²) in [6.07, 6.45) is 10.4. The molecule has 2 aliphatic rings. The number of fused-ring (bicyclic) bond motifs is 2. The third-order valence-electron chi connectivity index (χ3n) is 10.1. The molecule has 0 aromatic heterocycles. The lowest BCUT2D eigenvalue weighted by Crippen LogP contribution is -2.47. The number of esters is 2. The number of nitrogens with zero attached hydrogens (tertiary/aromatic N) is 2. The molecule has 0 bridgehead atoms. The van der Waals surface area contributed by atoms with Gasteiger partial charge in [-0.15, -0.1) is 0 Å². The molecular weight excluding hydrogens is 576 g/mol. The highest BCUT2D eigenvalue weighted by atomic mass is 16.6. The van der Waals surface area contributed by atoms with E-state index in [1.807, 2.05) is 49.3 Å². The van der Waals surface area contributed by atoms with Crippen molar-refractivity contribution in [2.45, 2.75) is 84.1 Å². The highest BCUT2D eigenvalue weighted by Crippen LogP contribution is 2.49. The van der Waals surface area contributed by atoms with Crippen molar-refractivity contribution in [3.8, 4) is 0 Å². The fourth-order valence-corrected chi connectivity index (χ4v) is 7.91. The summed E-state index contributed by atoms with van der Waals surface area (Å²) in [6.45, 7) is 4.38. The Morgan fingerprint density at radius 3 is 1.70 bits per heavy atom. The first-order chi connectivity index (χ1) is 22.3. The molecule has 0 N–H and O–H groups in total. The number of hydrogen-bond acceptors (Lipinski definition) is 6. The van der Waals surface area contributed by atoms with E-state index in [4.69, 9.17) is 4.74 Å². The van der Waals surface area contributed by atoms with Crippen LogP contribution in [-0.2, 0) is 4.74 Å². The van der Waals surface area contributed by atoms with Crippen molar-refractivity contribution in [1.82, 2.24) is 4.90 Å². The Morgan fingerprint density at radius 1 is 0.587 bits per heavy atom. The molecule has 0 unspecified atom stereocenters. The lowest BCUT2D eigenvalue weighted by Gasteiger charge is -2.35.